The molecule has 179 valence electrons. The smallest absolute Gasteiger partial charge is 0.357 e. The van der Waals surface area contributed by atoms with Gasteiger partial charge >= 0.3 is 17.3 Å². The van der Waals surface area contributed by atoms with Crippen LogP contribution in [0.2, 0.25) is 0 Å². The van der Waals surface area contributed by atoms with Crippen LogP contribution in [-0.2, 0) is 22.6 Å². The molecule has 4 aromatic heterocycles. The molecule has 0 aliphatic rings. The first kappa shape index (κ1) is 26.1. The molecule has 0 saturated carbocycles. The molecule has 3 radical (unpaired) electrons. The van der Waals surface area contributed by atoms with Gasteiger partial charge in [0.05, 0.1) is 6.61 Å². The lowest BCUT2D eigenvalue weighted by Crippen LogP contribution is -2.20. The molecule has 0 saturated heterocycles. The van der Waals surface area contributed by atoms with Gasteiger partial charge < -0.3 is 30.4 Å². The number of ether oxygens (including phenoxy) is 1. The first-order chi connectivity index (χ1) is 15.8. The maximum absolute atomic E-state index is 11.5. The number of rotatable bonds is 7. The van der Waals surface area contributed by atoms with Crippen molar-refractivity contribution in [1.82, 2.24) is 37.9 Å². The fourth-order valence-corrected chi connectivity index (χ4v) is 2.97. The van der Waals surface area contributed by atoms with Crippen LogP contribution in [-0.4, -0.2) is 70.6 Å². The van der Waals surface area contributed by atoms with Gasteiger partial charge in [-0.25, -0.2) is 18.4 Å². The molecule has 0 aromatic carbocycles. The molecule has 0 spiro atoms. The number of aromatic nitrogens is 8. The Bertz CT molecular complexity index is 1380. The van der Waals surface area contributed by atoms with Gasteiger partial charge in [-0.15, -0.1) is 0 Å². The third-order valence-electron chi connectivity index (χ3n) is 4.40. The van der Waals surface area contributed by atoms with Gasteiger partial charge in [-0.1, -0.05) is 0 Å². The van der Waals surface area contributed by atoms with Crippen LogP contribution < -0.4 is 22.8 Å². The monoisotopic (exact) mass is 471 g/mol. The van der Waals surface area contributed by atoms with Crippen molar-refractivity contribution in [2.45, 2.75) is 32.9 Å². The molecule has 4 aromatic rings. The van der Waals surface area contributed by atoms with Crippen molar-refractivity contribution in [3.63, 3.8) is 0 Å². The van der Waals surface area contributed by atoms with Crippen molar-refractivity contribution in [2.24, 2.45) is 0 Å². The summed E-state index contributed by atoms with van der Waals surface area (Å²) in [6.45, 7) is 2.93. The molecule has 0 atom stereocenters. The third-order valence-corrected chi connectivity index (χ3v) is 4.40. The van der Waals surface area contributed by atoms with Gasteiger partial charge in [0, 0.05) is 59.8 Å². The van der Waals surface area contributed by atoms with Gasteiger partial charge in [0.2, 0.25) is 23.5 Å². The summed E-state index contributed by atoms with van der Waals surface area (Å²) in [5.74, 6) is 0.468. The van der Waals surface area contributed by atoms with E-state index >= 15 is 0 Å². The van der Waals surface area contributed by atoms with Crippen LogP contribution in [0.25, 0.3) is 11.6 Å². The fourth-order valence-electron chi connectivity index (χ4n) is 2.97. The number of carbonyl (C=O) groups is 1. The van der Waals surface area contributed by atoms with Crippen LogP contribution in [0.5, 0.6) is 0 Å². The number of anilines is 2. The van der Waals surface area contributed by atoms with Crippen molar-refractivity contribution < 1.29 is 14.6 Å². The number of aliphatic hydroxyl groups is 1. The summed E-state index contributed by atoms with van der Waals surface area (Å²) in [5.41, 5.74) is 9.91. The van der Waals surface area contributed by atoms with Crippen LogP contribution in [0, 0.1) is 0 Å². The third kappa shape index (κ3) is 6.19. The molecule has 5 N–H and O–H groups in total. The molecule has 0 fully saturated rings. The molecule has 0 aliphatic heterocycles. The first-order valence-corrected chi connectivity index (χ1v) is 9.96. The van der Waals surface area contributed by atoms with Crippen LogP contribution in [0.15, 0.2) is 34.4 Å². The number of esters is 1. The Balaban J connectivity index is 0.000000237. The highest BCUT2D eigenvalue weighted by Crippen LogP contribution is 2.03. The van der Waals surface area contributed by atoms with Crippen LogP contribution in [0.4, 0.5) is 11.9 Å². The Labute approximate surface area is 194 Å². The molecule has 4 rings (SSSR count). The number of carbonyl (C=O) groups excluding carboxylic acids is 1. The summed E-state index contributed by atoms with van der Waals surface area (Å²) in [6.07, 6.45) is 7.79. The predicted octanol–water partition coefficient (Wildman–Crippen LogP) is -2.10. The van der Waals surface area contributed by atoms with Crippen molar-refractivity contribution >= 4 is 37.8 Å². The van der Waals surface area contributed by atoms with Gasteiger partial charge in [-0.2, -0.15) is 19.9 Å². The molecule has 0 unspecified atom stereocenters. The largest absolute Gasteiger partial charge is 0.466 e. The normalized spacial score (nSPS) is 10.5. The number of fused-ring (bicyclic) bond motifs is 2. The van der Waals surface area contributed by atoms with Gasteiger partial charge in [0.15, 0.2) is 0 Å². The lowest BCUT2D eigenvalue weighted by atomic mass is 10.4. The van der Waals surface area contributed by atoms with E-state index in [0.717, 1.165) is 0 Å². The molecule has 0 bridgehead atoms. The van der Waals surface area contributed by atoms with Gasteiger partial charge in [0.1, 0.15) is 0 Å². The SMILES string of the molecule is CC(=O)OCCCn1ccn2c(=O)nc(N)nc12.Nc1nc(=O)n2ccn(CCCO)c2n1.[B]. The fraction of sp³-hybridized carbons (Fsp3) is 0.389. The number of hydrogen-bond donors (Lipinski definition) is 3. The second kappa shape index (κ2) is 11.6. The standard InChI is InChI=1S/C10H13N5O3.C8H11N5O2.B/c1-7(16)18-6-2-3-14-4-5-15-9(14)12-8(11)13-10(15)17;9-6-10-7-12(2-1-5-14)3-4-13(7)8(15)11-6;/h4-5H,2-3,6H2,1H3,(H2,11,13,17);3-4,14H,1-2,5H2,(H2,9,11,15);. The molecular formula is C18H24BN10O5. The van der Waals surface area contributed by atoms with E-state index in [1.165, 1.54) is 15.7 Å². The zero-order chi connectivity index (χ0) is 24.0. The second-order valence-corrected chi connectivity index (χ2v) is 6.82. The average Bonchev–Trinajstić information content (AvgIpc) is 3.34. The molecule has 16 heteroatoms. The van der Waals surface area contributed by atoms with E-state index in [-0.39, 0.29) is 32.9 Å². The minimum absolute atomic E-state index is 0. The lowest BCUT2D eigenvalue weighted by molar-refractivity contribution is -0.141. The first-order valence-electron chi connectivity index (χ1n) is 9.96. The quantitative estimate of drug-likeness (QED) is 0.151. The molecular weight excluding hydrogens is 447 g/mol. The number of nitrogen functional groups attached to an aromatic ring is 2. The van der Waals surface area contributed by atoms with E-state index in [4.69, 9.17) is 21.3 Å². The highest BCUT2D eigenvalue weighted by Gasteiger charge is 2.07. The summed E-state index contributed by atoms with van der Waals surface area (Å²) in [4.78, 5) is 48.4. The minimum Gasteiger partial charge on any atom is -0.466 e. The maximum Gasteiger partial charge on any atom is 0.357 e. The van der Waals surface area contributed by atoms with Crippen LogP contribution in [0.3, 0.4) is 0 Å². The van der Waals surface area contributed by atoms with Gasteiger partial charge in [0.25, 0.3) is 0 Å². The number of hydrogen-bond acceptors (Lipinski definition) is 11. The summed E-state index contributed by atoms with van der Waals surface area (Å²) in [7, 11) is 0. The highest BCUT2D eigenvalue weighted by atomic mass is 16.5. The van der Waals surface area contributed by atoms with Crippen molar-refractivity contribution in [3.8, 4) is 0 Å². The Morgan fingerprint density at radius 2 is 1.35 bits per heavy atom. The Kier molecular flexibility index (Phi) is 8.89. The predicted molar refractivity (Wildman–Crippen MR) is 122 cm³/mol. The lowest BCUT2D eigenvalue weighted by Gasteiger charge is -2.04. The molecule has 0 aliphatic carbocycles. The maximum atomic E-state index is 11.5. The molecule has 34 heavy (non-hydrogen) atoms. The number of imidazole rings is 2. The van der Waals surface area contributed by atoms with Gasteiger partial charge in [-0.05, 0) is 12.8 Å². The minimum atomic E-state index is -0.462. The number of nitrogens with two attached hydrogens (primary N) is 2. The zero-order valence-corrected chi connectivity index (χ0v) is 18.4. The molecule has 4 heterocycles. The summed E-state index contributed by atoms with van der Waals surface area (Å²) < 4.78 is 10.9. The number of aryl methyl sites for hydroxylation is 2. The van der Waals surface area contributed by atoms with E-state index in [1.807, 2.05) is 0 Å². The van der Waals surface area contributed by atoms with Crippen molar-refractivity contribution in [1.29, 1.82) is 0 Å². The molecule has 0 amide bonds. The average molecular weight is 471 g/mol. The second-order valence-electron chi connectivity index (χ2n) is 6.82. The summed E-state index contributed by atoms with van der Waals surface area (Å²) in [5, 5.41) is 8.71. The Morgan fingerprint density at radius 3 is 1.79 bits per heavy atom. The highest BCUT2D eigenvalue weighted by molar-refractivity contribution is 5.75. The zero-order valence-electron chi connectivity index (χ0n) is 18.4. The van der Waals surface area contributed by atoms with E-state index in [2.05, 4.69) is 19.9 Å². The summed E-state index contributed by atoms with van der Waals surface area (Å²) in [6, 6.07) is 0. The van der Waals surface area contributed by atoms with E-state index in [0.29, 0.717) is 44.1 Å². The van der Waals surface area contributed by atoms with Crippen LogP contribution in [0.1, 0.15) is 19.8 Å². The number of nitrogens with zero attached hydrogens (tertiary/aromatic N) is 8. The number of aliphatic hydroxyl groups excluding tert-OH is 1. The van der Waals surface area contributed by atoms with Crippen LogP contribution >= 0.6 is 0 Å². The van der Waals surface area contributed by atoms with E-state index in [1.54, 1.807) is 33.9 Å². The van der Waals surface area contributed by atoms with Crippen molar-refractivity contribution in [2.75, 3.05) is 24.7 Å². The van der Waals surface area contributed by atoms with Gasteiger partial charge in [-0.3, -0.25) is 4.79 Å². The van der Waals surface area contributed by atoms with Crippen molar-refractivity contribution in [3.05, 3.63) is 45.8 Å². The molecule has 15 nitrogen and oxygen atoms in total. The summed E-state index contributed by atoms with van der Waals surface area (Å²) >= 11 is 0. The Hall–Kier alpha value is -4.21. The Morgan fingerprint density at radius 1 is 0.882 bits per heavy atom. The topological polar surface area (TPSA) is 203 Å². The van der Waals surface area contributed by atoms with E-state index < -0.39 is 11.4 Å². The van der Waals surface area contributed by atoms with E-state index in [9.17, 15) is 14.4 Å².